The highest BCUT2D eigenvalue weighted by molar-refractivity contribution is 5.96. The Hall–Kier alpha value is -3.93. The Bertz CT molecular complexity index is 1390. The Morgan fingerprint density at radius 1 is 0.973 bits per heavy atom. The van der Waals surface area contributed by atoms with Crippen LogP contribution in [0, 0.1) is 0 Å². The molecular weight excluding hydrogens is 460 g/mol. The third kappa shape index (κ3) is 5.15. The van der Waals surface area contributed by atoms with Crippen molar-refractivity contribution in [1.82, 2.24) is 14.5 Å². The molecule has 0 N–H and O–H groups in total. The van der Waals surface area contributed by atoms with Crippen molar-refractivity contribution in [3.63, 3.8) is 0 Å². The van der Waals surface area contributed by atoms with Crippen molar-refractivity contribution in [3.05, 3.63) is 95.8 Å². The van der Waals surface area contributed by atoms with Crippen LogP contribution in [0.3, 0.4) is 0 Å². The number of carbonyl (C=O) groups is 2. The van der Waals surface area contributed by atoms with Gasteiger partial charge in [-0.3, -0.25) is 9.59 Å². The van der Waals surface area contributed by atoms with Gasteiger partial charge in [0.2, 0.25) is 11.8 Å². The normalized spacial score (nSPS) is 15.6. The zero-order valence-electron chi connectivity index (χ0n) is 21.8. The van der Waals surface area contributed by atoms with Crippen molar-refractivity contribution >= 4 is 28.5 Å². The molecule has 0 aliphatic carbocycles. The SMILES string of the molecule is CCc1ccc(N2CC(c3nc4ccccc4n3CC(=O)N(Cc3ccccc3)C(C)C)CC2=O)cc1. The molecule has 0 saturated carbocycles. The number of hydrogen-bond donors (Lipinski definition) is 0. The van der Waals surface area contributed by atoms with Gasteiger partial charge in [-0.15, -0.1) is 0 Å². The largest absolute Gasteiger partial charge is 0.334 e. The van der Waals surface area contributed by atoms with E-state index in [2.05, 4.69) is 19.1 Å². The van der Waals surface area contributed by atoms with Gasteiger partial charge >= 0.3 is 0 Å². The van der Waals surface area contributed by atoms with Crippen LogP contribution in [0.25, 0.3) is 11.0 Å². The second-order valence-electron chi connectivity index (χ2n) is 10.1. The van der Waals surface area contributed by atoms with Gasteiger partial charge in [0.25, 0.3) is 0 Å². The number of hydrogen-bond acceptors (Lipinski definition) is 3. The lowest BCUT2D eigenvalue weighted by Gasteiger charge is -2.28. The topological polar surface area (TPSA) is 58.4 Å². The van der Waals surface area contributed by atoms with Crippen molar-refractivity contribution < 1.29 is 9.59 Å². The highest BCUT2D eigenvalue weighted by atomic mass is 16.2. The fourth-order valence-electron chi connectivity index (χ4n) is 5.18. The lowest BCUT2D eigenvalue weighted by molar-refractivity contribution is -0.134. The van der Waals surface area contributed by atoms with Gasteiger partial charge in [-0.2, -0.15) is 0 Å². The predicted molar refractivity (Wildman–Crippen MR) is 147 cm³/mol. The van der Waals surface area contributed by atoms with Crippen molar-refractivity contribution in [2.24, 2.45) is 0 Å². The third-order valence-electron chi connectivity index (χ3n) is 7.26. The second-order valence-corrected chi connectivity index (χ2v) is 10.1. The van der Waals surface area contributed by atoms with E-state index in [9.17, 15) is 9.59 Å². The summed E-state index contributed by atoms with van der Waals surface area (Å²) in [5.74, 6) is 0.853. The quantitative estimate of drug-likeness (QED) is 0.322. The molecule has 0 bridgehead atoms. The van der Waals surface area contributed by atoms with Crippen LogP contribution in [0.15, 0.2) is 78.9 Å². The number of anilines is 1. The molecule has 5 rings (SSSR count). The first kappa shape index (κ1) is 24.8. The number of para-hydroxylation sites is 2. The Kier molecular flexibility index (Phi) is 7.08. The number of carbonyl (C=O) groups excluding carboxylic acids is 2. The fourth-order valence-corrected chi connectivity index (χ4v) is 5.18. The minimum atomic E-state index is -0.0832. The Labute approximate surface area is 218 Å². The number of benzene rings is 3. The molecule has 1 aliphatic heterocycles. The summed E-state index contributed by atoms with van der Waals surface area (Å²) in [6.07, 6.45) is 1.34. The molecule has 1 fully saturated rings. The summed E-state index contributed by atoms with van der Waals surface area (Å²) in [6, 6.07) is 26.3. The van der Waals surface area contributed by atoms with Crippen LogP contribution in [0.1, 0.15) is 50.1 Å². The molecule has 37 heavy (non-hydrogen) atoms. The monoisotopic (exact) mass is 494 g/mol. The molecule has 1 aliphatic rings. The van der Waals surface area contributed by atoms with Crippen molar-refractivity contribution in [2.75, 3.05) is 11.4 Å². The molecule has 6 heteroatoms. The third-order valence-corrected chi connectivity index (χ3v) is 7.26. The van der Waals surface area contributed by atoms with Crippen molar-refractivity contribution in [1.29, 1.82) is 0 Å². The van der Waals surface area contributed by atoms with E-state index in [0.29, 0.717) is 19.5 Å². The summed E-state index contributed by atoms with van der Waals surface area (Å²) in [5, 5.41) is 0. The summed E-state index contributed by atoms with van der Waals surface area (Å²) in [5.41, 5.74) is 5.04. The van der Waals surface area contributed by atoms with Crippen LogP contribution in [0.4, 0.5) is 5.69 Å². The molecule has 3 aromatic carbocycles. The van der Waals surface area contributed by atoms with Gasteiger partial charge < -0.3 is 14.4 Å². The highest BCUT2D eigenvalue weighted by Gasteiger charge is 2.35. The standard InChI is InChI=1S/C31H34N4O2/c1-4-23-14-16-26(17-15-23)34-20-25(18-29(34)36)31-32-27-12-8-9-13-28(27)35(31)21-30(37)33(22(2)3)19-24-10-6-5-7-11-24/h5-17,22,25H,4,18-21H2,1-3H3. The van der Waals surface area contributed by atoms with Gasteiger partial charge in [-0.25, -0.2) is 4.98 Å². The molecule has 6 nitrogen and oxygen atoms in total. The maximum Gasteiger partial charge on any atom is 0.243 e. The number of nitrogens with zero attached hydrogens (tertiary/aromatic N) is 4. The molecule has 1 atom stereocenters. The minimum absolute atomic E-state index is 0.0413. The summed E-state index contributed by atoms with van der Waals surface area (Å²) < 4.78 is 2.03. The van der Waals surface area contributed by atoms with Crippen molar-refractivity contribution in [2.45, 2.75) is 58.7 Å². The maximum absolute atomic E-state index is 13.7. The maximum atomic E-state index is 13.7. The van der Waals surface area contributed by atoms with E-state index >= 15 is 0 Å². The second kappa shape index (κ2) is 10.6. The first-order valence-electron chi connectivity index (χ1n) is 13.1. The Balaban J connectivity index is 1.43. The van der Waals surface area contributed by atoms with Crippen LogP contribution >= 0.6 is 0 Å². The van der Waals surface area contributed by atoms with Crippen LogP contribution in [0.2, 0.25) is 0 Å². The molecule has 1 aromatic heterocycles. The number of fused-ring (bicyclic) bond motifs is 1. The van der Waals surface area contributed by atoms with Gasteiger partial charge in [0.1, 0.15) is 12.4 Å². The molecule has 2 heterocycles. The average Bonchev–Trinajstić information content (AvgIpc) is 3.48. The molecule has 0 spiro atoms. The number of aryl methyl sites for hydroxylation is 1. The predicted octanol–water partition coefficient (Wildman–Crippen LogP) is 5.56. The highest BCUT2D eigenvalue weighted by Crippen LogP contribution is 2.33. The van der Waals surface area contributed by atoms with E-state index in [0.717, 1.165) is 34.5 Å². The number of amides is 2. The van der Waals surface area contributed by atoms with E-state index in [1.807, 2.05) is 94.9 Å². The zero-order chi connectivity index (χ0) is 25.9. The molecule has 1 unspecified atom stereocenters. The first-order chi connectivity index (χ1) is 17.9. The molecule has 1 saturated heterocycles. The summed E-state index contributed by atoms with van der Waals surface area (Å²) >= 11 is 0. The molecule has 4 aromatic rings. The van der Waals surface area contributed by atoms with Crippen LogP contribution < -0.4 is 4.90 Å². The molecule has 190 valence electrons. The summed E-state index contributed by atoms with van der Waals surface area (Å²) in [4.78, 5) is 35.5. The number of rotatable bonds is 8. The first-order valence-corrected chi connectivity index (χ1v) is 13.1. The van der Waals surface area contributed by atoms with E-state index in [-0.39, 0.29) is 30.3 Å². The smallest absolute Gasteiger partial charge is 0.243 e. The summed E-state index contributed by atoms with van der Waals surface area (Å²) in [7, 11) is 0. The zero-order valence-corrected chi connectivity index (χ0v) is 21.8. The van der Waals surface area contributed by atoms with Gasteiger partial charge in [0.15, 0.2) is 0 Å². The van der Waals surface area contributed by atoms with Crippen LogP contribution in [-0.4, -0.2) is 38.9 Å². The van der Waals surface area contributed by atoms with Gasteiger partial charge in [0, 0.05) is 37.2 Å². The van der Waals surface area contributed by atoms with E-state index in [4.69, 9.17) is 4.98 Å². The van der Waals surface area contributed by atoms with E-state index < -0.39 is 0 Å². The molecule has 0 radical (unpaired) electrons. The van der Waals surface area contributed by atoms with Crippen LogP contribution in [-0.2, 0) is 29.1 Å². The molecular formula is C31H34N4O2. The minimum Gasteiger partial charge on any atom is -0.334 e. The lowest BCUT2D eigenvalue weighted by Crippen LogP contribution is -2.39. The van der Waals surface area contributed by atoms with E-state index in [1.54, 1.807) is 0 Å². The van der Waals surface area contributed by atoms with Gasteiger partial charge in [-0.1, -0.05) is 61.5 Å². The van der Waals surface area contributed by atoms with E-state index in [1.165, 1.54) is 5.56 Å². The Morgan fingerprint density at radius 3 is 2.38 bits per heavy atom. The lowest BCUT2D eigenvalue weighted by atomic mass is 10.1. The fraction of sp³-hybridized carbons (Fsp3) is 0.323. The molecule has 2 amide bonds. The summed E-state index contributed by atoms with van der Waals surface area (Å²) in [6.45, 7) is 7.52. The van der Waals surface area contributed by atoms with Crippen LogP contribution in [0.5, 0.6) is 0 Å². The van der Waals surface area contributed by atoms with Gasteiger partial charge in [-0.05, 0) is 55.7 Å². The van der Waals surface area contributed by atoms with Crippen molar-refractivity contribution in [3.8, 4) is 0 Å². The number of aromatic nitrogens is 2. The number of imidazole rings is 1. The van der Waals surface area contributed by atoms with Gasteiger partial charge in [0.05, 0.1) is 11.0 Å². The average molecular weight is 495 g/mol. The Morgan fingerprint density at radius 2 is 1.68 bits per heavy atom.